The second-order valence-electron chi connectivity index (χ2n) is 11.6. The van der Waals surface area contributed by atoms with Crippen molar-refractivity contribution in [2.24, 2.45) is 0 Å². The van der Waals surface area contributed by atoms with Crippen LogP contribution in [0.25, 0.3) is 11.1 Å². The molecule has 7 heteroatoms. The summed E-state index contributed by atoms with van der Waals surface area (Å²) in [6.07, 6.45) is 6.35. The topological polar surface area (TPSA) is 64.7 Å². The zero-order valence-corrected chi connectivity index (χ0v) is 25.7. The number of hydrogen-bond acceptors (Lipinski definition) is 5. The SMILES string of the molecule is CCn1c(CCCc2ccc(-c3cncc(NSc4ccccc4)c3)cc2)nn(Cc2ccc(C(C)(C)C)cc2)c1=O. The summed E-state index contributed by atoms with van der Waals surface area (Å²) in [6.45, 7) is 9.74. The summed E-state index contributed by atoms with van der Waals surface area (Å²) in [6, 6.07) is 29.5. The Hall–Kier alpha value is -4.10. The molecule has 0 amide bonds. The quantitative estimate of drug-likeness (QED) is 0.163. The van der Waals surface area contributed by atoms with Gasteiger partial charge in [0.1, 0.15) is 5.82 Å². The van der Waals surface area contributed by atoms with Gasteiger partial charge in [-0.25, -0.2) is 9.48 Å². The van der Waals surface area contributed by atoms with Crippen molar-refractivity contribution < 1.29 is 0 Å². The van der Waals surface area contributed by atoms with Crippen molar-refractivity contribution >= 4 is 17.6 Å². The first kappa shape index (κ1) is 29.4. The van der Waals surface area contributed by atoms with E-state index in [2.05, 4.69) is 97.2 Å². The Balaban J connectivity index is 1.18. The molecule has 0 spiro atoms. The van der Waals surface area contributed by atoms with Crippen molar-refractivity contribution in [3.63, 3.8) is 0 Å². The summed E-state index contributed by atoms with van der Waals surface area (Å²) in [4.78, 5) is 18.6. The molecule has 0 radical (unpaired) electrons. The molecule has 0 saturated carbocycles. The highest BCUT2D eigenvalue weighted by atomic mass is 32.2. The fourth-order valence-electron chi connectivity index (χ4n) is 4.95. The van der Waals surface area contributed by atoms with Crippen LogP contribution in [0.2, 0.25) is 0 Å². The molecule has 216 valence electrons. The Labute approximate surface area is 253 Å². The summed E-state index contributed by atoms with van der Waals surface area (Å²) < 4.78 is 6.79. The van der Waals surface area contributed by atoms with Gasteiger partial charge in [0.2, 0.25) is 0 Å². The van der Waals surface area contributed by atoms with Crippen LogP contribution >= 0.6 is 11.9 Å². The van der Waals surface area contributed by atoms with E-state index in [1.807, 2.05) is 37.5 Å². The van der Waals surface area contributed by atoms with Crippen molar-refractivity contribution in [1.29, 1.82) is 0 Å². The average molecular weight is 578 g/mol. The van der Waals surface area contributed by atoms with Crippen LogP contribution in [-0.2, 0) is 31.3 Å². The number of aryl methyl sites for hydroxylation is 2. The van der Waals surface area contributed by atoms with E-state index >= 15 is 0 Å². The standard InChI is InChI=1S/C35H39N5OS/c1-5-39-33(37-40(34(39)41)25-27-16-20-30(21-17-27)35(2,3)4)13-9-10-26-14-18-28(19-15-26)29-22-31(24-36-23-29)38-42-32-11-7-6-8-12-32/h6-8,11-12,14-24,38H,5,9-10,13,25H2,1-4H3. The molecule has 5 aromatic rings. The lowest BCUT2D eigenvalue weighted by atomic mass is 9.87. The van der Waals surface area contributed by atoms with Crippen LogP contribution < -0.4 is 10.4 Å². The molecule has 6 nitrogen and oxygen atoms in total. The first-order chi connectivity index (χ1) is 20.3. The minimum atomic E-state index is -0.0377. The van der Waals surface area contributed by atoms with E-state index in [4.69, 9.17) is 5.10 Å². The van der Waals surface area contributed by atoms with Gasteiger partial charge in [-0.1, -0.05) is 87.5 Å². The first-order valence-electron chi connectivity index (χ1n) is 14.6. The number of aromatic nitrogens is 4. The first-order valence-corrected chi connectivity index (χ1v) is 15.4. The van der Waals surface area contributed by atoms with Crippen molar-refractivity contribution in [3.05, 3.63) is 130 Å². The molecule has 2 heterocycles. The van der Waals surface area contributed by atoms with Crippen molar-refractivity contribution in [2.75, 3.05) is 4.72 Å². The summed E-state index contributed by atoms with van der Waals surface area (Å²) in [5.74, 6) is 0.856. The summed E-state index contributed by atoms with van der Waals surface area (Å²) in [5.41, 5.74) is 6.88. The van der Waals surface area contributed by atoms with Crippen molar-refractivity contribution in [2.45, 2.75) is 70.4 Å². The second kappa shape index (κ2) is 13.3. The van der Waals surface area contributed by atoms with Gasteiger partial charge in [-0.05, 0) is 77.6 Å². The predicted molar refractivity (Wildman–Crippen MR) is 174 cm³/mol. The van der Waals surface area contributed by atoms with Crippen LogP contribution in [0, 0.1) is 0 Å². The molecule has 0 aliphatic rings. The number of nitrogens with one attached hydrogen (secondary N) is 1. The highest BCUT2D eigenvalue weighted by molar-refractivity contribution is 8.00. The van der Waals surface area contributed by atoms with Crippen LogP contribution in [0.5, 0.6) is 0 Å². The van der Waals surface area contributed by atoms with Crippen LogP contribution in [0.1, 0.15) is 56.6 Å². The van der Waals surface area contributed by atoms with Gasteiger partial charge < -0.3 is 4.72 Å². The minimum absolute atomic E-state index is 0.0377. The molecule has 2 aromatic heterocycles. The zero-order chi connectivity index (χ0) is 29.5. The number of pyridine rings is 1. The lowest BCUT2D eigenvalue weighted by Crippen LogP contribution is -2.25. The zero-order valence-electron chi connectivity index (χ0n) is 24.9. The third-order valence-corrected chi connectivity index (χ3v) is 8.23. The molecule has 42 heavy (non-hydrogen) atoms. The van der Waals surface area contributed by atoms with E-state index in [-0.39, 0.29) is 11.1 Å². The molecule has 0 fully saturated rings. The van der Waals surface area contributed by atoms with Crippen LogP contribution in [0.3, 0.4) is 0 Å². The maximum Gasteiger partial charge on any atom is 0.346 e. The van der Waals surface area contributed by atoms with E-state index in [1.54, 1.807) is 21.2 Å². The molecular formula is C35H39N5OS. The molecule has 3 aromatic carbocycles. The largest absolute Gasteiger partial charge is 0.346 e. The molecule has 0 aliphatic heterocycles. The van der Waals surface area contributed by atoms with Crippen LogP contribution in [0.15, 0.2) is 107 Å². The molecule has 1 N–H and O–H groups in total. The van der Waals surface area contributed by atoms with Gasteiger partial charge in [0.25, 0.3) is 0 Å². The number of anilines is 1. The summed E-state index contributed by atoms with van der Waals surface area (Å²) in [7, 11) is 0. The van der Waals surface area contributed by atoms with Gasteiger partial charge in [-0.2, -0.15) is 5.10 Å². The number of hydrogen-bond donors (Lipinski definition) is 1. The van der Waals surface area contributed by atoms with Crippen LogP contribution in [-0.4, -0.2) is 19.3 Å². The van der Waals surface area contributed by atoms with Crippen molar-refractivity contribution in [3.8, 4) is 11.1 Å². The van der Waals surface area contributed by atoms with Gasteiger partial charge >= 0.3 is 5.69 Å². The van der Waals surface area contributed by atoms with E-state index in [1.165, 1.54) is 11.1 Å². The lowest BCUT2D eigenvalue weighted by Gasteiger charge is -2.19. The summed E-state index contributed by atoms with van der Waals surface area (Å²) >= 11 is 1.58. The van der Waals surface area contributed by atoms with E-state index < -0.39 is 0 Å². The molecule has 0 unspecified atom stereocenters. The van der Waals surface area contributed by atoms with Gasteiger partial charge in [-0.3, -0.25) is 9.55 Å². The maximum absolute atomic E-state index is 13.0. The van der Waals surface area contributed by atoms with E-state index in [0.717, 1.165) is 52.4 Å². The Morgan fingerprint density at radius 3 is 2.24 bits per heavy atom. The fourth-order valence-corrected chi connectivity index (χ4v) is 5.59. The minimum Gasteiger partial charge on any atom is -0.324 e. The van der Waals surface area contributed by atoms with Gasteiger partial charge in [0.15, 0.2) is 0 Å². The van der Waals surface area contributed by atoms with Gasteiger partial charge in [0.05, 0.1) is 18.4 Å². The Kier molecular flexibility index (Phi) is 9.28. The number of rotatable bonds is 11. The highest BCUT2D eigenvalue weighted by Crippen LogP contribution is 2.26. The molecule has 5 rings (SSSR count). The smallest absolute Gasteiger partial charge is 0.324 e. The third-order valence-electron chi connectivity index (χ3n) is 7.39. The fraction of sp³-hybridized carbons (Fsp3) is 0.286. The van der Waals surface area contributed by atoms with Gasteiger partial charge in [-0.15, -0.1) is 0 Å². The third kappa shape index (κ3) is 7.39. The normalized spacial score (nSPS) is 11.5. The lowest BCUT2D eigenvalue weighted by molar-refractivity contribution is 0.588. The molecule has 0 aliphatic carbocycles. The molecule has 0 bridgehead atoms. The number of benzene rings is 3. The van der Waals surface area contributed by atoms with Crippen molar-refractivity contribution in [1.82, 2.24) is 19.3 Å². The number of nitrogens with zero attached hydrogens (tertiary/aromatic N) is 4. The predicted octanol–water partition coefficient (Wildman–Crippen LogP) is 7.77. The van der Waals surface area contributed by atoms with Gasteiger partial charge in [0, 0.05) is 29.6 Å². The highest BCUT2D eigenvalue weighted by Gasteiger charge is 2.15. The van der Waals surface area contributed by atoms with E-state index in [9.17, 15) is 4.79 Å². The monoisotopic (exact) mass is 577 g/mol. The van der Waals surface area contributed by atoms with E-state index in [0.29, 0.717) is 13.1 Å². The second-order valence-corrected chi connectivity index (χ2v) is 12.5. The average Bonchev–Trinajstić information content (AvgIpc) is 3.30. The Morgan fingerprint density at radius 2 is 1.55 bits per heavy atom. The molecule has 0 atom stereocenters. The Bertz CT molecular complexity index is 1650. The molecular weight excluding hydrogens is 538 g/mol. The Morgan fingerprint density at radius 1 is 0.833 bits per heavy atom. The maximum atomic E-state index is 13.0. The summed E-state index contributed by atoms with van der Waals surface area (Å²) in [5, 5.41) is 4.73. The molecule has 0 saturated heterocycles. The van der Waals surface area contributed by atoms with Crippen LogP contribution in [0.4, 0.5) is 5.69 Å².